The molecule has 1 aromatic rings. The van der Waals surface area contributed by atoms with Crippen molar-refractivity contribution in [3.8, 4) is 0 Å². The Kier molecular flexibility index (Phi) is 5.81. The number of aliphatic hydroxyl groups excluding tert-OH is 1. The fraction of sp³-hybridized carbons (Fsp3) is 0.385. The molecule has 1 rings (SSSR count). The van der Waals surface area contributed by atoms with E-state index < -0.39 is 24.6 Å². The van der Waals surface area contributed by atoms with Gasteiger partial charge in [0.2, 0.25) is 0 Å². The van der Waals surface area contributed by atoms with Crippen molar-refractivity contribution in [2.24, 2.45) is 0 Å². The summed E-state index contributed by atoms with van der Waals surface area (Å²) in [5.41, 5.74) is 1.08. The van der Waals surface area contributed by atoms with Crippen LogP contribution >= 0.6 is 0 Å². The molecule has 19 heavy (non-hydrogen) atoms. The van der Waals surface area contributed by atoms with Crippen LogP contribution in [0.3, 0.4) is 0 Å². The number of aliphatic carboxylic acids is 1. The number of rotatable bonds is 6. The highest BCUT2D eigenvalue weighted by molar-refractivity contribution is 5.82. The van der Waals surface area contributed by atoms with Crippen LogP contribution in [-0.2, 0) is 4.79 Å². The maximum Gasteiger partial charge on any atom is 0.328 e. The number of hydrogen-bond donors (Lipinski definition) is 4. The molecule has 2 amide bonds. The molecule has 0 aliphatic heterocycles. The molecule has 0 bridgehead atoms. The van der Waals surface area contributed by atoms with Gasteiger partial charge in [0.1, 0.15) is 0 Å². The molecular formula is C13H18N2O4. The quantitative estimate of drug-likeness (QED) is 0.603. The number of urea groups is 1. The lowest BCUT2D eigenvalue weighted by atomic mass is 10.0. The second kappa shape index (κ2) is 7.38. The predicted octanol–water partition coefficient (Wildman–Crippen LogP) is 0.535. The number of carboxylic acids is 1. The van der Waals surface area contributed by atoms with Gasteiger partial charge >= 0.3 is 12.0 Å². The number of amides is 2. The molecule has 1 unspecified atom stereocenters. The highest BCUT2D eigenvalue weighted by Crippen LogP contribution is 2.12. The minimum atomic E-state index is -1.29. The molecule has 0 aliphatic rings. The van der Waals surface area contributed by atoms with Gasteiger partial charge in [0.25, 0.3) is 0 Å². The molecule has 0 radical (unpaired) electrons. The summed E-state index contributed by atoms with van der Waals surface area (Å²) in [7, 11) is 0. The molecule has 6 heteroatoms. The Morgan fingerprint density at radius 1 is 1.26 bits per heavy atom. The Balaban J connectivity index is 2.40. The van der Waals surface area contributed by atoms with Gasteiger partial charge in [-0.3, -0.25) is 0 Å². The summed E-state index contributed by atoms with van der Waals surface area (Å²) < 4.78 is 0. The van der Waals surface area contributed by atoms with E-state index in [2.05, 4.69) is 10.6 Å². The zero-order valence-electron chi connectivity index (χ0n) is 10.7. The lowest BCUT2D eigenvalue weighted by Gasteiger charge is -2.15. The summed E-state index contributed by atoms with van der Waals surface area (Å²) >= 11 is 0. The van der Waals surface area contributed by atoms with Crippen LogP contribution in [0.2, 0.25) is 0 Å². The first-order valence-corrected chi connectivity index (χ1v) is 5.97. The average Bonchev–Trinajstić information content (AvgIpc) is 2.42. The largest absolute Gasteiger partial charge is 0.480 e. The van der Waals surface area contributed by atoms with Crippen molar-refractivity contribution in [1.82, 2.24) is 10.6 Å². The van der Waals surface area contributed by atoms with Crippen molar-refractivity contribution in [3.63, 3.8) is 0 Å². The van der Waals surface area contributed by atoms with Crippen molar-refractivity contribution < 1.29 is 19.8 Å². The van der Waals surface area contributed by atoms with E-state index in [1.165, 1.54) is 0 Å². The van der Waals surface area contributed by atoms with Gasteiger partial charge in [-0.25, -0.2) is 9.59 Å². The van der Waals surface area contributed by atoms with E-state index in [1.807, 2.05) is 37.3 Å². The third-order valence-corrected chi connectivity index (χ3v) is 2.72. The molecule has 104 valence electrons. The van der Waals surface area contributed by atoms with E-state index in [1.54, 1.807) is 0 Å². The summed E-state index contributed by atoms with van der Waals surface area (Å²) in [6.07, 6.45) is 0. The molecule has 0 saturated heterocycles. The molecule has 0 spiro atoms. The number of aliphatic hydroxyl groups is 1. The Hall–Kier alpha value is -2.08. The second-order valence-corrected chi connectivity index (χ2v) is 4.24. The number of hydrogen-bond acceptors (Lipinski definition) is 3. The van der Waals surface area contributed by atoms with Gasteiger partial charge in [0.05, 0.1) is 6.61 Å². The van der Waals surface area contributed by atoms with E-state index in [0.717, 1.165) is 5.56 Å². The molecular weight excluding hydrogens is 248 g/mol. The topological polar surface area (TPSA) is 98.7 Å². The van der Waals surface area contributed by atoms with Crippen LogP contribution in [0.5, 0.6) is 0 Å². The van der Waals surface area contributed by atoms with Crippen LogP contribution in [0.15, 0.2) is 30.3 Å². The van der Waals surface area contributed by atoms with Crippen LogP contribution in [-0.4, -0.2) is 41.4 Å². The Labute approximate surface area is 111 Å². The van der Waals surface area contributed by atoms with E-state index in [4.69, 9.17) is 10.2 Å². The fourth-order valence-electron chi connectivity index (χ4n) is 1.54. The molecule has 0 heterocycles. The summed E-state index contributed by atoms with van der Waals surface area (Å²) in [6.45, 7) is 1.70. The number of benzene rings is 1. The highest BCUT2D eigenvalue weighted by atomic mass is 16.4. The summed E-state index contributed by atoms with van der Waals surface area (Å²) in [6, 6.07) is 7.76. The molecule has 0 aliphatic carbocycles. The lowest BCUT2D eigenvalue weighted by Crippen LogP contribution is -2.48. The first-order valence-electron chi connectivity index (χ1n) is 5.97. The first-order chi connectivity index (χ1) is 9.04. The SMILES string of the molecule is CC(CNC(=O)N[C@H](CO)C(=O)O)c1ccccc1. The normalized spacial score (nSPS) is 13.4. The van der Waals surface area contributed by atoms with Crippen molar-refractivity contribution in [2.75, 3.05) is 13.2 Å². The molecule has 0 aromatic heterocycles. The molecule has 2 atom stereocenters. The maximum atomic E-state index is 11.5. The Morgan fingerprint density at radius 3 is 2.42 bits per heavy atom. The third kappa shape index (κ3) is 4.97. The van der Waals surface area contributed by atoms with Gasteiger partial charge in [-0.05, 0) is 11.5 Å². The number of carbonyl (C=O) groups is 2. The van der Waals surface area contributed by atoms with E-state index in [-0.39, 0.29) is 5.92 Å². The monoisotopic (exact) mass is 266 g/mol. The number of carboxylic acid groups (broad SMARTS) is 1. The minimum Gasteiger partial charge on any atom is -0.480 e. The van der Waals surface area contributed by atoms with Crippen molar-refractivity contribution in [1.29, 1.82) is 0 Å². The van der Waals surface area contributed by atoms with Crippen LogP contribution in [0, 0.1) is 0 Å². The van der Waals surface area contributed by atoms with Crippen LogP contribution in [0.25, 0.3) is 0 Å². The zero-order valence-corrected chi connectivity index (χ0v) is 10.7. The molecule has 1 aromatic carbocycles. The Morgan fingerprint density at radius 2 is 1.89 bits per heavy atom. The third-order valence-electron chi connectivity index (χ3n) is 2.72. The lowest BCUT2D eigenvalue weighted by molar-refractivity contribution is -0.140. The first kappa shape index (κ1) is 15.0. The maximum absolute atomic E-state index is 11.5. The zero-order chi connectivity index (χ0) is 14.3. The predicted molar refractivity (Wildman–Crippen MR) is 69.9 cm³/mol. The summed E-state index contributed by atoms with van der Waals surface area (Å²) in [5.74, 6) is -1.15. The van der Waals surface area contributed by atoms with Crippen molar-refractivity contribution in [3.05, 3.63) is 35.9 Å². The van der Waals surface area contributed by atoms with Gasteiger partial charge in [-0.1, -0.05) is 37.3 Å². The minimum absolute atomic E-state index is 0.115. The van der Waals surface area contributed by atoms with Crippen LogP contribution in [0.1, 0.15) is 18.4 Å². The fourth-order valence-corrected chi connectivity index (χ4v) is 1.54. The molecule has 4 N–H and O–H groups in total. The van der Waals surface area contributed by atoms with Crippen molar-refractivity contribution >= 4 is 12.0 Å². The second-order valence-electron chi connectivity index (χ2n) is 4.24. The number of carbonyl (C=O) groups excluding carboxylic acids is 1. The van der Waals surface area contributed by atoms with Crippen LogP contribution < -0.4 is 10.6 Å². The van der Waals surface area contributed by atoms with Gasteiger partial charge < -0.3 is 20.8 Å². The van der Waals surface area contributed by atoms with E-state index >= 15 is 0 Å². The van der Waals surface area contributed by atoms with E-state index in [0.29, 0.717) is 6.54 Å². The van der Waals surface area contributed by atoms with E-state index in [9.17, 15) is 9.59 Å². The summed E-state index contributed by atoms with van der Waals surface area (Å²) in [5, 5.41) is 22.2. The van der Waals surface area contributed by atoms with Gasteiger partial charge in [0.15, 0.2) is 6.04 Å². The highest BCUT2D eigenvalue weighted by Gasteiger charge is 2.18. The Bertz CT molecular complexity index is 422. The number of nitrogens with one attached hydrogen (secondary N) is 2. The molecule has 6 nitrogen and oxygen atoms in total. The van der Waals surface area contributed by atoms with Gasteiger partial charge in [-0.15, -0.1) is 0 Å². The van der Waals surface area contributed by atoms with Gasteiger partial charge in [-0.2, -0.15) is 0 Å². The smallest absolute Gasteiger partial charge is 0.328 e. The van der Waals surface area contributed by atoms with Crippen LogP contribution in [0.4, 0.5) is 4.79 Å². The molecule has 0 saturated carbocycles. The van der Waals surface area contributed by atoms with Crippen molar-refractivity contribution in [2.45, 2.75) is 18.9 Å². The molecule has 0 fully saturated rings. The standard InChI is InChI=1S/C13H18N2O4/c1-9(10-5-3-2-4-6-10)7-14-13(19)15-11(8-16)12(17)18/h2-6,9,11,16H,7-8H2,1H3,(H,17,18)(H2,14,15,19)/t9?,11-/m1/s1. The van der Waals surface area contributed by atoms with Gasteiger partial charge in [0, 0.05) is 6.54 Å². The summed E-state index contributed by atoms with van der Waals surface area (Å²) in [4.78, 5) is 22.1. The average molecular weight is 266 g/mol.